The van der Waals surface area contributed by atoms with E-state index in [2.05, 4.69) is 18.7 Å². The summed E-state index contributed by atoms with van der Waals surface area (Å²) in [6.07, 6.45) is 4.45. The van der Waals surface area contributed by atoms with Crippen LogP contribution in [0.1, 0.15) is 39.5 Å². The summed E-state index contributed by atoms with van der Waals surface area (Å²) >= 11 is 0. The van der Waals surface area contributed by atoms with Gasteiger partial charge >= 0.3 is 5.97 Å². The summed E-state index contributed by atoms with van der Waals surface area (Å²) in [7, 11) is 1.48. The largest absolute Gasteiger partial charge is 0.469 e. The molecule has 0 bridgehead atoms. The highest BCUT2D eigenvalue weighted by Crippen LogP contribution is 2.21. The highest BCUT2D eigenvalue weighted by molar-refractivity contribution is 5.72. The number of likely N-dealkylation sites (tertiary alicyclic amines) is 1. The van der Waals surface area contributed by atoms with Crippen molar-refractivity contribution in [3.63, 3.8) is 0 Å². The molecule has 0 saturated carbocycles. The highest BCUT2D eigenvalue weighted by Gasteiger charge is 2.28. The van der Waals surface area contributed by atoms with Crippen LogP contribution in [0.2, 0.25) is 0 Å². The molecule has 0 aliphatic carbocycles. The summed E-state index contributed by atoms with van der Waals surface area (Å²) in [6.45, 7) is 6.46. The zero-order chi connectivity index (χ0) is 11.3. The maximum absolute atomic E-state index is 11.5. The van der Waals surface area contributed by atoms with Gasteiger partial charge in [0, 0.05) is 12.6 Å². The lowest BCUT2D eigenvalue weighted by Gasteiger charge is -2.36. The highest BCUT2D eigenvalue weighted by atomic mass is 16.5. The lowest BCUT2D eigenvalue weighted by atomic mass is 9.95. The van der Waals surface area contributed by atoms with Crippen LogP contribution in [-0.4, -0.2) is 37.1 Å². The molecule has 3 heteroatoms. The van der Waals surface area contributed by atoms with Gasteiger partial charge in [0.2, 0.25) is 0 Å². The van der Waals surface area contributed by atoms with Gasteiger partial charge in [-0.2, -0.15) is 0 Å². The Bertz CT molecular complexity index is 202. The summed E-state index contributed by atoms with van der Waals surface area (Å²) in [6, 6.07) is 0.637. The van der Waals surface area contributed by atoms with Crippen molar-refractivity contribution in [2.24, 2.45) is 5.92 Å². The third-order valence-electron chi connectivity index (χ3n) is 3.45. The van der Waals surface area contributed by atoms with Gasteiger partial charge in [0.25, 0.3) is 0 Å². The summed E-state index contributed by atoms with van der Waals surface area (Å²) in [5.41, 5.74) is 0. The number of carbonyl (C=O) groups excluding carboxylic acids is 1. The molecule has 0 aromatic rings. The zero-order valence-corrected chi connectivity index (χ0v) is 10.2. The van der Waals surface area contributed by atoms with Crippen LogP contribution in [0.4, 0.5) is 0 Å². The SMILES string of the molecule is CCC(CC)N1CCCC(C(=O)OC)C1. The number of carbonyl (C=O) groups is 1. The van der Waals surface area contributed by atoms with E-state index in [1.165, 1.54) is 20.0 Å². The fraction of sp³-hybridized carbons (Fsp3) is 0.917. The first-order valence-corrected chi connectivity index (χ1v) is 6.04. The van der Waals surface area contributed by atoms with Gasteiger partial charge in [-0.1, -0.05) is 13.8 Å². The third-order valence-corrected chi connectivity index (χ3v) is 3.45. The van der Waals surface area contributed by atoms with Crippen LogP contribution in [0, 0.1) is 5.92 Å². The summed E-state index contributed by atoms with van der Waals surface area (Å²) in [4.78, 5) is 13.9. The van der Waals surface area contributed by atoms with Gasteiger partial charge in [0.05, 0.1) is 13.0 Å². The molecule has 1 aliphatic heterocycles. The standard InChI is InChI=1S/C12H23NO2/c1-4-11(5-2)13-8-6-7-10(9-13)12(14)15-3/h10-11H,4-9H2,1-3H3. The van der Waals surface area contributed by atoms with Gasteiger partial charge < -0.3 is 4.74 Å². The number of hydrogen-bond donors (Lipinski definition) is 0. The maximum atomic E-state index is 11.5. The Morgan fingerprint density at radius 1 is 1.47 bits per heavy atom. The lowest BCUT2D eigenvalue weighted by Crippen LogP contribution is -2.44. The smallest absolute Gasteiger partial charge is 0.309 e. The quantitative estimate of drug-likeness (QED) is 0.669. The molecule has 0 radical (unpaired) electrons. The summed E-state index contributed by atoms with van der Waals surface area (Å²) in [5, 5.41) is 0. The Kier molecular flexibility index (Phi) is 5.09. The molecule has 1 fully saturated rings. The van der Waals surface area contributed by atoms with Crippen LogP contribution in [0.15, 0.2) is 0 Å². The first kappa shape index (κ1) is 12.5. The topological polar surface area (TPSA) is 29.5 Å². The molecule has 1 rings (SSSR count). The molecule has 15 heavy (non-hydrogen) atoms. The van der Waals surface area contributed by atoms with E-state index in [4.69, 9.17) is 4.74 Å². The number of esters is 1. The minimum absolute atomic E-state index is 0.0364. The van der Waals surface area contributed by atoms with E-state index in [1.807, 2.05) is 0 Å². The first-order valence-electron chi connectivity index (χ1n) is 6.04. The van der Waals surface area contributed by atoms with Crippen LogP contribution in [0.25, 0.3) is 0 Å². The van der Waals surface area contributed by atoms with E-state index in [1.54, 1.807) is 0 Å². The molecule has 1 atom stereocenters. The van der Waals surface area contributed by atoms with E-state index in [0.29, 0.717) is 6.04 Å². The summed E-state index contributed by atoms with van der Waals surface area (Å²) in [5.74, 6) is 0.0648. The van der Waals surface area contributed by atoms with E-state index in [9.17, 15) is 4.79 Å². The Morgan fingerprint density at radius 2 is 2.13 bits per heavy atom. The van der Waals surface area contributed by atoms with Crippen LogP contribution < -0.4 is 0 Å². The fourth-order valence-corrected chi connectivity index (χ4v) is 2.50. The predicted molar refractivity (Wildman–Crippen MR) is 60.7 cm³/mol. The summed E-state index contributed by atoms with van der Waals surface area (Å²) < 4.78 is 4.82. The monoisotopic (exact) mass is 213 g/mol. The first-order chi connectivity index (χ1) is 7.22. The number of rotatable bonds is 4. The van der Waals surface area contributed by atoms with Crippen molar-refractivity contribution >= 4 is 5.97 Å². The molecular weight excluding hydrogens is 190 g/mol. The predicted octanol–water partition coefficient (Wildman–Crippen LogP) is 2.06. The number of hydrogen-bond acceptors (Lipinski definition) is 3. The van der Waals surface area contributed by atoms with Crippen molar-refractivity contribution < 1.29 is 9.53 Å². The Hall–Kier alpha value is -0.570. The molecule has 0 spiro atoms. The molecular formula is C12H23NO2. The molecule has 1 unspecified atom stereocenters. The Morgan fingerprint density at radius 3 is 2.67 bits per heavy atom. The molecule has 1 heterocycles. The normalized spacial score (nSPS) is 23.1. The van der Waals surface area contributed by atoms with Crippen molar-refractivity contribution in [2.45, 2.75) is 45.6 Å². The molecule has 0 aromatic heterocycles. The average Bonchev–Trinajstić information content (AvgIpc) is 2.30. The second kappa shape index (κ2) is 6.11. The molecule has 0 amide bonds. The number of nitrogens with zero attached hydrogens (tertiary/aromatic N) is 1. The molecule has 88 valence electrons. The minimum Gasteiger partial charge on any atom is -0.469 e. The van der Waals surface area contributed by atoms with Crippen LogP contribution in [0.3, 0.4) is 0 Å². The van der Waals surface area contributed by atoms with Crippen molar-refractivity contribution in [1.29, 1.82) is 0 Å². The molecule has 0 N–H and O–H groups in total. The second-order valence-electron chi connectivity index (χ2n) is 4.33. The average molecular weight is 213 g/mol. The van der Waals surface area contributed by atoms with Crippen molar-refractivity contribution in [1.82, 2.24) is 4.90 Å². The van der Waals surface area contributed by atoms with Crippen molar-refractivity contribution in [2.75, 3.05) is 20.2 Å². The van der Waals surface area contributed by atoms with E-state index in [-0.39, 0.29) is 11.9 Å². The number of methoxy groups -OCH3 is 1. The third kappa shape index (κ3) is 3.20. The molecule has 0 aromatic carbocycles. The fourth-order valence-electron chi connectivity index (χ4n) is 2.50. The van der Waals surface area contributed by atoms with Gasteiger partial charge in [-0.3, -0.25) is 9.69 Å². The van der Waals surface area contributed by atoms with Gasteiger partial charge in [-0.25, -0.2) is 0 Å². The van der Waals surface area contributed by atoms with Crippen LogP contribution >= 0.6 is 0 Å². The van der Waals surface area contributed by atoms with Crippen LogP contribution in [-0.2, 0) is 9.53 Å². The van der Waals surface area contributed by atoms with E-state index in [0.717, 1.165) is 25.9 Å². The second-order valence-corrected chi connectivity index (χ2v) is 4.33. The van der Waals surface area contributed by atoms with Gasteiger partial charge in [-0.05, 0) is 32.2 Å². The number of piperidine rings is 1. The Balaban J connectivity index is 2.51. The van der Waals surface area contributed by atoms with E-state index >= 15 is 0 Å². The zero-order valence-electron chi connectivity index (χ0n) is 10.2. The number of ether oxygens (including phenoxy) is 1. The Labute approximate surface area is 92.8 Å². The van der Waals surface area contributed by atoms with Crippen molar-refractivity contribution in [3.05, 3.63) is 0 Å². The van der Waals surface area contributed by atoms with Crippen LogP contribution in [0.5, 0.6) is 0 Å². The minimum atomic E-state index is -0.0364. The molecule has 1 aliphatic rings. The van der Waals surface area contributed by atoms with Gasteiger partial charge in [0.15, 0.2) is 0 Å². The molecule has 3 nitrogen and oxygen atoms in total. The maximum Gasteiger partial charge on any atom is 0.309 e. The lowest BCUT2D eigenvalue weighted by molar-refractivity contribution is -0.147. The molecule has 1 saturated heterocycles. The van der Waals surface area contributed by atoms with E-state index < -0.39 is 0 Å². The van der Waals surface area contributed by atoms with Gasteiger partial charge in [0.1, 0.15) is 0 Å². The van der Waals surface area contributed by atoms with Crippen molar-refractivity contribution in [3.8, 4) is 0 Å². The van der Waals surface area contributed by atoms with Gasteiger partial charge in [-0.15, -0.1) is 0 Å².